The molecule has 2 rings (SSSR count). The third kappa shape index (κ3) is 1.43. The molecule has 0 aromatic carbocycles. The predicted molar refractivity (Wildman–Crippen MR) is 47.5 cm³/mol. The van der Waals surface area contributed by atoms with Crippen molar-refractivity contribution in [3.05, 3.63) is 0 Å². The van der Waals surface area contributed by atoms with Crippen LogP contribution in [0, 0.1) is 11.3 Å². The molecular weight excluding hydrogens is 178 g/mol. The van der Waals surface area contributed by atoms with Crippen molar-refractivity contribution in [1.29, 1.82) is 0 Å². The lowest BCUT2D eigenvalue weighted by Crippen LogP contribution is -2.42. The van der Waals surface area contributed by atoms with Crippen molar-refractivity contribution in [3.8, 4) is 0 Å². The molecule has 1 aliphatic heterocycles. The van der Waals surface area contributed by atoms with Crippen molar-refractivity contribution < 1.29 is 9.90 Å². The van der Waals surface area contributed by atoms with Gasteiger partial charge in [0.05, 0.1) is 5.92 Å². The average molecular weight is 192 g/mol. The zero-order chi connectivity index (χ0) is 7.90. The smallest absolute Gasteiger partial charge is 0.306 e. The van der Waals surface area contributed by atoms with Crippen LogP contribution < -0.4 is 5.32 Å². The van der Waals surface area contributed by atoms with Crippen molar-refractivity contribution in [3.63, 3.8) is 0 Å². The quantitative estimate of drug-likeness (QED) is 0.647. The fourth-order valence-corrected chi connectivity index (χ4v) is 2.30. The molecule has 4 heteroatoms. The van der Waals surface area contributed by atoms with Gasteiger partial charge in [0.15, 0.2) is 0 Å². The van der Waals surface area contributed by atoms with Gasteiger partial charge in [0.1, 0.15) is 0 Å². The van der Waals surface area contributed by atoms with Crippen LogP contribution in [0.4, 0.5) is 0 Å². The first-order valence-corrected chi connectivity index (χ1v) is 4.15. The van der Waals surface area contributed by atoms with Crippen molar-refractivity contribution in [2.45, 2.75) is 19.3 Å². The number of rotatable bonds is 1. The summed E-state index contributed by atoms with van der Waals surface area (Å²) in [6.45, 7) is 2.11. The molecule has 0 atom stereocenters. The Morgan fingerprint density at radius 2 is 2.17 bits per heavy atom. The first-order chi connectivity index (χ1) is 5.22. The van der Waals surface area contributed by atoms with E-state index in [2.05, 4.69) is 5.32 Å². The van der Waals surface area contributed by atoms with E-state index in [1.807, 2.05) is 0 Å². The highest BCUT2D eigenvalue weighted by molar-refractivity contribution is 5.85. The summed E-state index contributed by atoms with van der Waals surface area (Å²) in [6.07, 6.45) is 2.97. The summed E-state index contributed by atoms with van der Waals surface area (Å²) in [4.78, 5) is 10.5. The van der Waals surface area contributed by atoms with E-state index in [9.17, 15) is 4.79 Å². The van der Waals surface area contributed by atoms with Gasteiger partial charge in [-0.15, -0.1) is 12.4 Å². The Bertz CT molecular complexity index is 181. The topological polar surface area (TPSA) is 49.3 Å². The molecule has 1 spiro atoms. The molecule has 12 heavy (non-hydrogen) atoms. The van der Waals surface area contributed by atoms with E-state index >= 15 is 0 Å². The monoisotopic (exact) mass is 191 g/mol. The first kappa shape index (κ1) is 9.81. The Balaban J connectivity index is 0.000000720. The van der Waals surface area contributed by atoms with Crippen LogP contribution in [0.3, 0.4) is 0 Å². The van der Waals surface area contributed by atoms with Gasteiger partial charge < -0.3 is 10.4 Å². The van der Waals surface area contributed by atoms with Crippen molar-refractivity contribution in [1.82, 2.24) is 5.32 Å². The molecule has 3 nitrogen and oxygen atoms in total. The molecule has 0 bridgehead atoms. The molecule has 1 heterocycles. The highest BCUT2D eigenvalue weighted by Crippen LogP contribution is 2.49. The Labute approximate surface area is 77.9 Å². The summed E-state index contributed by atoms with van der Waals surface area (Å²) >= 11 is 0. The Morgan fingerprint density at radius 3 is 2.58 bits per heavy atom. The SMILES string of the molecule is Cl.O=C(O)C1CC2(CCNC2)C1. The minimum absolute atomic E-state index is 0. The molecule has 0 aromatic rings. The molecule has 1 saturated heterocycles. The molecule has 0 amide bonds. The number of hydrogen-bond acceptors (Lipinski definition) is 2. The van der Waals surface area contributed by atoms with Gasteiger partial charge in [0.25, 0.3) is 0 Å². The van der Waals surface area contributed by atoms with E-state index < -0.39 is 5.97 Å². The van der Waals surface area contributed by atoms with Crippen molar-refractivity contribution >= 4 is 18.4 Å². The highest BCUT2D eigenvalue weighted by Gasteiger charge is 2.48. The van der Waals surface area contributed by atoms with Gasteiger partial charge >= 0.3 is 5.97 Å². The molecule has 2 N–H and O–H groups in total. The summed E-state index contributed by atoms with van der Waals surface area (Å²) < 4.78 is 0. The van der Waals surface area contributed by atoms with Gasteiger partial charge in [-0.3, -0.25) is 4.79 Å². The second kappa shape index (κ2) is 3.23. The first-order valence-electron chi connectivity index (χ1n) is 4.15. The number of halogens is 1. The molecule has 1 saturated carbocycles. The maximum Gasteiger partial charge on any atom is 0.306 e. The molecule has 2 fully saturated rings. The maximum absolute atomic E-state index is 10.5. The second-order valence-corrected chi connectivity index (χ2v) is 3.87. The molecule has 0 radical (unpaired) electrons. The number of carboxylic acids is 1. The van der Waals surface area contributed by atoms with E-state index in [-0.39, 0.29) is 18.3 Å². The normalized spacial score (nSPS) is 38.8. The maximum atomic E-state index is 10.5. The average Bonchev–Trinajstić information content (AvgIpc) is 2.29. The fourth-order valence-electron chi connectivity index (χ4n) is 2.30. The number of hydrogen-bond donors (Lipinski definition) is 2. The Kier molecular flexibility index (Phi) is 2.64. The van der Waals surface area contributed by atoms with Crippen molar-refractivity contribution in [2.24, 2.45) is 11.3 Å². The van der Waals surface area contributed by atoms with Crippen LogP contribution in [0.25, 0.3) is 0 Å². The summed E-state index contributed by atoms with van der Waals surface area (Å²) in [5, 5.41) is 11.9. The summed E-state index contributed by atoms with van der Waals surface area (Å²) in [6, 6.07) is 0. The zero-order valence-electron chi connectivity index (χ0n) is 6.88. The van der Waals surface area contributed by atoms with Crippen LogP contribution in [-0.2, 0) is 4.79 Å². The van der Waals surface area contributed by atoms with Crippen LogP contribution in [0.5, 0.6) is 0 Å². The van der Waals surface area contributed by atoms with Crippen LogP contribution in [0.1, 0.15) is 19.3 Å². The minimum Gasteiger partial charge on any atom is -0.481 e. The van der Waals surface area contributed by atoms with E-state index in [1.54, 1.807) is 0 Å². The van der Waals surface area contributed by atoms with Gasteiger partial charge in [0.2, 0.25) is 0 Å². The third-order valence-corrected chi connectivity index (χ3v) is 3.04. The van der Waals surface area contributed by atoms with Crippen LogP contribution >= 0.6 is 12.4 Å². The second-order valence-electron chi connectivity index (χ2n) is 3.87. The third-order valence-electron chi connectivity index (χ3n) is 3.04. The van der Waals surface area contributed by atoms with E-state index in [1.165, 1.54) is 6.42 Å². The lowest BCUT2D eigenvalue weighted by molar-refractivity contribution is -0.149. The molecule has 1 aliphatic carbocycles. The van der Waals surface area contributed by atoms with E-state index in [4.69, 9.17) is 5.11 Å². The largest absolute Gasteiger partial charge is 0.481 e. The number of aliphatic carboxylic acids is 1. The number of nitrogens with one attached hydrogen (secondary N) is 1. The molecule has 0 unspecified atom stereocenters. The minimum atomic E-state index is -0.609. The van der Waals surface area contributed by atoms with Crippen LogP contribution in [0.15, 0.2) is 0 Å². The van der Waals surface area contributed by atoms with Crippen LogP contribution in [-0.4, -0.2) is 24.2 Å². The van der Waals surface area contributed by atoms with Gasteiger partial charge in [-0.05, 0) is 31.2 Å². The predicted octanol–water partition coefficient (Wildman–Crippen LogP) is 0.882. The summed E-state index contributed by atoms with van der Waals surface area (Å²) in [5.74, 6) is -0.655. The van der Waals surface area contributed by atoms with Crippen molar-refractivity contribution in [2.75, 3.05) is 13.1 Å². The Morgan fingerprint density at radius 1 is 1.50 bits per heavy atom. The van der Waals surface area contributed by atoms with E-state index in [0.29, 0.717) is 5.41 Å². The van der Waals surface area contributed by atoms with Gasteiger partial charge in [0, 0.05) is 6.54 Å². The summed E-state index contributed by atoms with van der Waals surface area (Å²) in [7, 11) is 0. The van der Waals surface area contributed by atoms with Gasteiger partial charge in [-0.2, -0.15) is 0 Å². The van der Waals surface area contributed by atoms with E-state index in [0.717, 1.165) is 25.9 Å². The van der Waals surface area contributed by atoms with Gasteiger partial charge in [-0.1, -0.05) is 0 Å². The standard InChI is InChI=1S/C8H13NO2.ClH/c10-7(11)6-3-8(4-6)1-2-9-5-8;/h6,9H,1-5H2,(H,10,11);1H. The lowest BCUT2D eigenvalue weighted by Gasteiger charge is -2.42. The fraction of sp³-hybridized carbons (Fsp3) is 0.875. The van der Waals surface area contributed by atoms with Gasteiger partial charge in [-0.25, -0.2) is 0 Å². The summed E-state index contributed by atoms with van der Waals surface area (Å²) in [5.41, 5.74) is 0.378. The number of carbonyl (C=O) groups is 1. The number of carboxylic acid groups (broad SMARTS) is 1. The molecular formula is C8H14ClNO2. The molecule has 0 aromatic heterocycles. The zero-order valence-corrected chi connectivity index (χ0v) is 7.69. The lowest BCUT2D eigenvalue weighted by atomic mass is 9.61. The molecule has 2 aliphatic rings. The highest BCUT2D eigenvalue weighted by atomic mass is 35.5. The Hall–Kier alpha value is -0.280. The van der Waals surface area contributed by atoms with Crippen LogP contribution in [0.2, 0.25) is 0 Å². The molecule has 70 valence electrons.